The summed E-state index contributed by atoms with van der Waals surface area (Å²) < 4.78 is 0. The minimum absolute atomic E-state index is 0.131. The molecule has 0 saturated heterocycles. The van der Waals surface area contributed by atoms with Gasteiger partial charge in [0.1, 0.15) is 6.04 Å². The fraction of sp³-hybridized carbons (Fsp3) is 0.533. The van der Waals surface area contributed by atoms with E-state index >= 15 is 0 Å². The van der Waals surface area contributed by atoms with Gasteiger partial charge in [-0.25, -0.2) is 0 Å². The van der Waals surface area contributed by atoms with Crippen molar-refractivity contribution in [3.8, 4) is 0 Å². The molecule has 3 nitrogen and oxygen atoms in total. The van der Waals surface area contributed by atoms with E-state index in [1.807, 2.05) is 12.1 Å². The molecule has 0 heterocycles. The van der Waals surface area contributed by atoms with Crippen LogP contribution in [0.1, 0.15) is 31.9 Å². The zero-order valence-corrected chi connectivity index (χ0v) is 11.9. The maximum absolute atomic E-state index is 11.1. The van der Waals surface area contributed by atoms with Gasteiger partial charge in [0.05, 0.1) is 0 Å². The van der Waals surface area contributed by atoms with Crippen molar-refractivity contribution in [2.45, 2.75) is 38.6 Å². The van der Waals surface area contributed by atoms with E-state index in [-0.39, 0.29) is 5.41 Å². The Morgan fingerprint density at radius 3 is 2.06 bits per heavy atom. The third-order valence-corrected chi connectivity index (χ3v) is 3.16. The van der Waals surface area contributed by atoms with Crippen LogP contribution in [-0.4, -0.2) is 36.1 Å². The predicted octanol–water partition coefficient (Wildman–Crippen LogP) is 2.54. The Bertz CT molecular complexity index is 401. The van der Waals surface area contributed by atoms with Gasteiger partial charge in [-0.3, -0.25) is 9.69 Å². The van der Waals surface area contributed by atoms with E-state index in [9.17, 15) is 4.79 Å². The first kappa shape index (κ1) is 14.7. The lowest BCUT2D eigenvalue weighted by atomic mass is 9.86. The van der Waals surface area contributed by atoms with Gasteiger partial charge in [0.15, 0.2) is 0 Å². The second-order valence-corrected chi connectivity index (χ2v) is 5.97. The number of rotatable bonds is 4. The van der Waals surface area contributed by atoms with Crippen LogP contribution in [0.25, 0.3) is 0 Å². The van der Waals surface area contributed by atoms with E-state index in [0.29, 0.717) is 6.42 Å². The van der Waals surface area contributed by atoms with Gasteiger partial charge in [0.2, 0.25) is 0 Å². The standard InChI is InChI=1S/C15H23NO2/c1-15(2,3)12-8-6-11(7-9-12)10-13(14(17)18)16(4)5/h6-9,13H,10H2,1-5H3,(H,17,18). The molecule has 0 aliphatic carbocycles. The number of aliphatic carboxylic acids is 1. The van der Waals surface area contributed by atoms with Crippen molar-refractivity contribution >= 4 is 5.97 Å². The van der Waals surface area contributed by atoms with Crippen LogP contribution in [-0.2, 0) is 16.6 Å². The van der Waals surface area contributed by atoms with Crippen molar-refractivity contribution in [1.82, 2.24) is 4.90 Å². The van der Waals surface area contributed by atoms with Gasteiger partial charge in [-0.05, 0) is 37.1 Å². The van der Waals surface area contributed by atoms with Crippen LogP contribution in [0, 0.1) is 0 Å². The van der Waals surface area contributed by atoms with Crippen LogP contribution in [0.15, 0.2) is 24.3 Å². The molecular weight excluding hydrogens is 226 g/mol. The van der Waals surface area contributed by atoms with Crippen LogP contribution < -0.4 is 0 Å². The van der Waals surface area contributed by atoms with Crippen molar-refractivity contribution in [1.29, 1.82) is 0 Å². The van der Waals surface area contributed by atoms with E-state index in [2.05, 4.69) is 32.9 Å². The number of hydrogen-bond acceptors (Lipinski definition) is 2. The third kappa shape index (κ3) is 3.84. The first-order valence-electron chi connectivity index (χ1n) is 6.20. The number of nitrogens with zero attached hydrogens (tertiary/aromatic N) is 1. The Morgan fingerprint density at radius 1 is 1.22 bits per heavy atom. The van der Waals surface area contributed by atoms with Crippen molar-refractivity contribution in [2.75, 3.05) is 14.1 Å². The molecule has 0 bridgehead atoms. The van der Waals surface area contributed by atoms with E-state index in [0.717, 1.165) is 5.56 Å². The first-order chi connectivity index (χ1) is 8.21. The van der Waals surface area contributed by atoms with Crippen LogP contribution >= 0.6 is 0 Å². The normalized spacial score (nSPS) is 13.7. The minimum atomic E-state index is -0.778. The average molecular weight is 249 g/mol. The molecule has 1 aromatic rings. The Balaban J connectivity index is 2.83. The SMILES string of the molecule is CN(C)C(Cc1ccc(C(C)(C)C)cc1)C(=O)O. The van der Waals surface area contributed by atoms with Crippen molar-refractivity contribution in [2.24, 2.45) is 0 Å². The molecular formula is C15H23NO2. The molecule has 1 atom stereocenters. The number of carboxylic acid groups (broad SMARTS) is 1. The lowest BCUT2D eigenvalue weighted by Gasteiger charge is -2.22. The number of likely N-dealkylation sites (N-methyl/N-ethyl adjacent to an activating group) is 1. The summed E-state index contributed by atoms with van der Waals surface area (Å²) in [5.41, 5.74) is 2.46. The lowest BCUT2D eigenvalue weighted by molar-refractivity contribution is -0.142. The van der Waals surface area contributed by atoms with Crippen molar-refractivity contribution in [3.63, 3.8) is 0 Å². The highest BCUT2D eigenvalue weighted by molar-refractivity contribution is 5.73. The maximum Gasteiger partial charge on any atom is 0.321 e. The largest absolute Gasteiger partial charge is 0.480 e. The van der Waals surface area contributed by atoms with Crippen molar-refractivity contribution in [3.05, 3.63) is 35.4 Å². The first-order valence-corrected chi connectivity index (χ1v) is 6.20. The molecule has 0 aromatic heterocycles. The number of benzene rings is 1. The highest BCUT2D eigenvalue weighted by Gasteiger charge is 2.20. The topological polar surface area (TPSA) is 40.5 Å². The maximum atomic E-state index is 11.1. The number of carbonyl (C=O) groups is 1. The average Bonchev–Trinajstić information content (AvgIpc) is 2.24. The monoisotopic (exact) mass is 249 g/mol. The van der Waals surface area contributed by atoms with Gasteiger partial charge < -0.3 is 5.11 Å². The van der Waals surface area contributed by atoms with Crippen LogP contribution in [0.3, 0.4) is 0 Å². The molecule has 0 aliphatic rings. The quantitative estimate of drug-likeness (QED) is 0.891. The second kappa shape index (κ2) is 5.53. The summed E-state index contributed by atoms with van der Waals surface area (Å²) in [6.07, 6.45) is 0.534. The molecule has 100 valence electrons. The third-order valence-electron chi connectivity index (χ3n) is 3.16. The zero-order chi connectivity index (χ0) is 13.9. The highest BCUT2D eigenvalue weighted by atomic mass is 16.4. The number of carboxylic acids is 1. The Hall–Kier alpha value is -1.35. The molecule has 0 aliphatic heterocycles. The van der Waals surface area contributed by atoms with Crippen LogP contribution in [0.4, 0.5) is 0 Å². The van der Waals surface area contributed by atoms with E-state index in [1.54, 1.807) is 19.0 Å². The molecule has 1 rings (SSSR count). The summed E-state index contributed by atoms with van der Waals surface area (Å²) in [4.78, 5) is 12.9. The summed E-state index contributed by atoms with van der Waals surface area (Å²) in [5.74, 6) is -0.778. The Kier molecular flexibility index (Phi) is 4.52. The molecule has 1 unspecified atom stereocenters. The summed E-state index contributed by atoms with van der Waals surface area (Å²) >= 11 is 0. The van der Waals surface area contributed by atoms with Gasteiger partial charge in [-0.15, -0.1) is 0 Å². The molecule has 0 saturated carbocycles. The number of hydrogen-bond donors (Lipinski definition) is 1. The molecule has 0 amide bonds. The van der Waals surface area contributed by atoms with Crippen molar-refractivity contribution < 1.29 is 9.90 Å². The van der Waals surface area contributed by atoms with Crippen LogP contribution in [0.2, 0.25) is 0 Å². The fourth-order valence-electron chi connectivity index (χ4n) is 1.85. The van der Waals surface area contributed by atoms with E-state index < -0.39 is 12.0 Å². The Labute approximate surface area is 109 Å². The molecule has 0 fully saturated rings. The van der Waals surface area contributed by atoms with Gasteiger partial charge in [-0.1, -0.05) is 45.0 Å². The molecule has 0 radical (unpaired) electrons. The van der Waals surface area contributed by atoms with Gasteiger partial charge in [-0.2, -0.15) is 0 Å². The molecule has 1 N–H and O–H groups in total. The van der Waals surface area contributed by atoms with E-state index in [4.69, 9.17) is 5.11 Å². The molecule has 0 spiro atoms. The fourth-order valence-corrected chi connectivity index (χ4v) is 1.85. The summed E-state index contributed by atoms with van der Waals surface area (Å²) in [7, 11) is 3.59. The van der Waals surface area contributed by atoms with E-state index in [1.165, 1.54) is 5.56 Å². The summed E-state index contributed by atoms with van der Waals surface area (Å²) in [5, 5.41) is 9.15. The summed E-state index contributed by atoms with van der Waals surface area (Å²) in [6, 6.07) is 7.76. The second-order valence-electron chi connectivity index (χ2n) is 5.97. The van der Waals surface area contributed by atoms with Crippen LogP contribution in [0.5, 0.6) is 0 Å². The molecule has 3 heteroatoms. The predicted molar refractivity (Wildman–Crippen MR) is 74.0 cm³/mol. The molecule has 1 aromatic carbocycles. The minimum Gasteiger partial charge on any atom is -0.480 e. The van der Waals surface area contributed by atoms with Gasteiger partial charge >= 0.3 is 5.97 Å². The summed E-state index contributed by atoms with van der Waals surface area (Å²) in [6.45, 7) is 6.51. The zero-order valence-electron chi connectivity index (χ0n) is 11.9. The molecule has 18 heavy (non-hydrogen) atoms. The van der Waals surface area contributed by atoms with Gasteiger partial charge in [0, 0.05) is 0 Å². The van der Waals surface area contributed by atoms with Gasteiger partial charge in [0.25, 0.3) is 0 Å². The highest BCUT2D eigenvalue weighted by Crippen LogP contribution is 2.22. The Morgan fingerprint density at radius 2 is 1.72 bits per heavy atom. The lowest BCUT2D eigenvalue weighted by Crippen LogP contribution is -2.37. The smallest absolute Gasteiger partial charge is 0.321 e.